The Hall–Kier alpha value is -6.26. The van der Waals surface area contributed by atoms with Crippen LogP contribution in [-0.2, 0) is 37.1 Å². The predicted molar refractivity (Wildman–Crippen MR) is 228 cm³/mol. The summed E-state index contributed by atoms with van der Waals surface area (Å²) in [4.78, 5) is 64.6. The Bertz CT molecular complexity index is 2370. The highest BCUT2D eigenvalue weighted by atomic mass is 19.1. The zero-order chi connectivity index (χ0) is 44.7. The average Bonchev–Trinajstić information content (AvgIpc) is 3.65. The number of carbonyl (C=O) groups is 4. The van der Waals surface area contributed by atoms with E-state index in [-0.39, 0.29) is 48.6 Å². The predicted octanol–water partition coefficient (Wildman–Crippen LogP) is 7.43. The van der Waals surface area contributed by atoms with Gasteiger partial charge in [0.05, 0.1) is 13.2 Å². The van der Waals surface area contributed by atoms with E-state index in [9.17, 15) is 41.8 Å². The molecule has 4 aromatic rings. The summed E-state index contributed by atoms with van der Waals surface area (Å²) in [5.74, 6) is -4.91. The second-order valence-corrected chi connectivity index (χ2v) is 16.2. The van der Waals surface area contributed by atoms with Crippen LogP contribution in [0.15, 0.2) is 94.9 Å². The van der Waals surface area contributed by atoms with Gasteiger partial charge < -0.3 is 30.3 Å². The molecule has 0 unspecified atom stereocenters. The lowest BCUT2D eigenvalue weighted by Crippen LogP contribution is -2.51. The highest BCUT2D eigenvalue weighted by Gasteiger charge is 2.49. The minimum atomic E-state index is -0.798. The maximum absolute atomic E-state index is 13.5. The number of methoxy groups -OCH3 is 1. The summed E-state index contributed by atoms with van der Waals surface area (Å²) in [7, 11) is 1.62. The number of rotatable bonds is 11. The van der Waals surface area contributed by atoms with E-state index in [1.165, 1.54) is 9.80 Å². The fourth-order valence-corrected chi connectivity index (χ4v) is 8.71. The van der Waals surface area contributed by atoms with E-state index in [0.717, 1.165) is 86.1 Å². The number of ether oxygens (including phenoxy) is 1. The van der Waals surface area contributed by atoms with Crippen LogP contribution in [0.25, 0.3) is 0 Å². The highest BCUT2D eigenvalue weighted by molar-refractivity contribution is 6.47. The molecule has 0 aromatic heterocycles. The summed E-state index contributed by atoms with van der Waals surface area (Å²) >= 11 is 0. The third-order valence-corrected chi connectivity index (χ3v) is 11.7. The third kappa shape index (κ3) is 10.3. The Morgan fingerprint density at radius 3 is 1.32 bits per heavy atom. The van der Waals surface area contributed by atoms with E-state index in [0.29, 0.717) is 49.1 Å². The van der Waals surface area contributed by atoms with E-state index in [1.54, 1.807) is 31.4 Å². The van der Waals surface area contributed by atoms with Gasteiger partial charge in [-0.1, -0.05) is 61.4 Å². The Balaban J connectivity index is 0.000000189. The number of aliphatic imine (C=N–C) groups is 2. The van der Waals surface area contributed by atoms with Gasteiger partial charge in [-0.25, -0.2) is 17.6 Å². The SMILES string of the molecule is COCc1ccc(C2=NC3(CCCCC3)N(CC(=O)Nc3cc(F)cc(F)c3)C2=O)cc1.O=C(CN1C(=O)C(c2ccc(CO)cc2)=NC12CCCCC2)Nc1cc(F)cc(F)c1. The van der Waals surface area contributed by atoms with Crippen molar-refractivity contribution in [2.75, 3.05) is 30.8 Å². The number of aliphatic hydroxyl groups is 1. The summed E-state index contributed by atoms with van der Waals surface area (Å²) < 4.78 is 58.9. The molecule has 63 heavy (non-hydrogen) atoms. The number of benzene rings is 4. The van der Waals surface area contributed by atoms with E-state index < -0.39 is 46.4 Å². The van der Waals surface area contributed by atoms with E-state index >= 15 is 0 Å². The molecule has 2 saturated carbocycles. The number of amides is 4. The largest absolute Gasteiger partial charge is 0.392 e. The molecule has 12 nitrogen and oxygen atoms in total. The zero-order valence-electron chi connectivity index (χ0n) is 34.8. The maximum Gasteiger partial charge on any atom is 0.275 e. The molecular formula is C47H48F4N6O6. The lowest BCUT2D eigenvalue weighted by Gasteiger charge is -2.38. The van der Waals surface area contributed by atoms with Gasteiger partial charge in [0.15, 0.2) is 0 Å². The number of anilines is 2. The first-order valence-electron chi connectivity index (χ1n) is 20.9. The van der Waals surface area contributed by atoms with Gasteiger partial charge in [0, 0.05) is 41.7 Å². The van der Waals surface area contributed by atoms with Crippen LogP contribution in [0.2, 0.25) is 0 Å². The molecule has 4 amide bonds. The highest BCUT2D eigenvalue weighted by Crippen LogP contribution is 2.41. The summed E-state index contributed by atoms with van der Waals surface area (Å²) in [6, 6.07) is 19.9. The fourth-order valence-electron chi connectivity index (χ4n) is 8.71. The monoisotopic (exact) mass is 868 g/mol. The Morgan fingerprint density at radius 1 is 0.603 bits per heavy atom. The van der Waals surface area contributed by atoms with Crippen molar-refractivity contribution in [3.63, 3.8) is 0 Å². The summed E-state index contributed by atoms with van der Waals surface area (Å²) in [6.07, 6.45) is 8.33. The van der Waals surface area contributed by atoms with Gasteiger partial charge in [-0.2, -0.15) is 0 Å². The number of aliphatic hydroxyl groups excluding tert-OH is 1. The van der Waals surface area contributed by atoms with Gasteiger partial charge in [-0.05, 0) is 86.8 Å². The number of hydrogen-bond acceptors (Lipinski definition) is 8. The first kappa shape index (κ1) is 44.8. The maximum atomic E-state index is 13.5. The van der Waals surface area contributed by atoms with Crippen LogP contribution in [-0.4, -0.2) is 81.5 Å². The number of hydrogen-bond donors (Lipinski definition) is 3. The zero-order valence-corrected chi connectivity index (χ0v) is 34.8. The Morgan fingerprint density at radius 2 is 0.968 bits per heavy atom. The van der Waals surface area contributed by atoms with Crippen molar-refractivity contribution < 1.29 is 46.6 Å². The number of halogens is 4. The molecule has 4 aliphatic rings. The molecule has 8 rings (SSSR count). The van der Waals surface area contributed by atoms with Crippen LogP contribution in [0.5, 0.6) is 0 Å². The van der Waals surface area contributed by atoms with Crippen molar-refractivity contribution >= 4 is 46.4 Å². The van der Waals surface area contributed by atoms with Crippen molar-refractivity contribution in [2.45, 2.75) is 88.7 Å². The molecule has 0 saturated heterocycles. The second-order valence-electron chi connectivity index (χ2n) is 16.2. The van der Waals surface area contributed by atoms with Crippen LogP contribution in [0, 0.1) is 23.3 Å². The van der Waals surface area contributed by atoms with Crippen molar-refractivity contribution in [1.29, 1.82) is 0 Å². The first-order chi connectivity index (χ1) is 30.3. The summed E-state index contributed by atoms with van der Waals surface area (Å²) in [5, 5.41) is 14.2. The van der Waals surface area contributed by atoms with Gasteiger partial charge in [0.25, 0.3) is 11.8 Å². The van der Waals surface area contributed by atoms with Gasteiger partial charge >= 0.3 is 0 Å². The van der Waals surface area contributed by atoms with Crippen LogP contribution in [0.3, 0.4) is 0 Å². The molecule has 4 aromatic carbocycles. The molecule has 16 heteroatoms. The molecule has 0 atom stereocenters. The molecule has 2 aliphatic carbocycles. The molecule has 2 heterocycles. The van der Waals surface area contributed by atoms with Gasteiger partial charge in [0.2, 0.25) is 11.8 Å². The fraction of sp³-hybridized carbons (Fsp3) is 0.362. The Labute approximate surface area is 362 Å². The molecule has 0 radical (unpaired) electrons. The van der Waals surface area contributed by atoms with Crippen molar-refractivity contribution in [1.82, 2.24) is 9.80 Å². The quantitative estimate of drug-likeness (QED) is 0.133. The number of nitrogens with one attached hydrogen (secondary N) is 2. The summed E-state index contributed by atoms with van der Waals surface area (Å²) in [5.41, 5.74) is 2.09. The van der Waals surface area contributed by atoms with Gasteiger partial charge in [-0.3, -0.25) is 29.2 Å². The number of carbonyl (C=O) groups excluding carboxylic acids is 4. The molecule has 2 fully saturated rings. The Kier molecular flexibility index (Phi) is 13.8. The normalized spacial score (nSPS) is 17.6. The van der Waals surface area contributed by atoms with Crippen LogP contribution in [0.4, 0.5) is 28.9 Å². The van der Waals surface area contributed by atoms with Gasteiger partial charge in [0.1, 0.15) is 59.1 Å². The second kappa shape index (κ2) is 19.4. The molecule has 2 aliphatic heterocycles. The topological polar surface area (TPSA) is 153 Å². The van der Waals surface area contributed by atoms with Crippen LogP contribution in [0.1, 0.15) is 86.5 Å². The minimum absolute atomic E-state index is 0.00622. The van der Waals surface area contributed by atoms with Crippen LogP contribution >= 0.6 is 0 Å². The summed E-state index contributed by atoms with van der Waals surface area (Å²) in [6.45, 7) is -0.139. The molecule has 330 valence electrons. The first-order valence-corrected chi connectivity index (χ1v) is 20.9. The third-order valence-electron chi connectivity index (χ3n) is 11.7. The molecule has 2 spiro atoms. The molecule has 3 N–H and O–H groups in total. The smallest absolute Gasteiger partial charge is 0.275 e. The van der Waals surface area contributed by atoms with Crippen molar-refractivity contribution in [3.05, 3.63) is 130 Å². The van der Waals surface area contributed by atoms with Crippen LogP contribution < -0.4 is 10.6 Å². The lowest BCUT2D eigenvalue weighted by atomic mass is 9.88. The van der Waals surface area contributed by atoms with Gasteiger partial charge in [-0.15, -0.1) is 0 Å². The number of nitrogens with zero attached hydrogens (tertiary/aromatic N) is 4. The standard InChI is InChI=1S/C24H25F2N3O3.C23H23F2N3O3/c1-32-15-16-5-7-17(8-6-16)22-23(31)29(24(28-22)9-3-2-4-10-24)14-21(30)27-20-12-18(25)11-19(26)13-20;24-17-10-18(25)12-19(11-17)26-20(30)13-28-22(31)21(16-6-4-15(14-29)5-7-16)27-23(28)8-2-1-3-9-23/h5-8,11-13H,2-4,9-10,14-15H2,1H3,(H,27,30);4-7,10-12,29H,1-3,8-9,13-14H2,(H,26,30). The minimum Gasteiger partial charge on any atom is -0.392 e. The van der Waals surface area contributed by atoms with E-state index in [4.69, 9.17) is 14.7 Å². The molecule has 0 bridgehead atoms. The average molecular weight is 869 g/mol. The lowest BCUT2D eigenvalue weighted by molar-refractivity contribution is -0.134. The van der Waals surface area contributed by atoms with E-state index in [2.05, 4.69) is 10.6 Å². The van der Waals surface area contributed by atoms with Crippen molar-refractivity contribution in [2.24, 2.45) is 9.98 Å². The van der Waals surface area contributed by atoms with E-state index in [1.807, 2.05) is 24.3 Å². The van der Waals surface area contributed by atoms with Crippen molar-refractivity contribution in [3.8, 4) is 0 Å². The molecular weight excluding hydrogens is 821 g/mol.